The van der Waals surface area contributed by atoms with Gasteiger partial charge >= 0.3 is 0 Å². The first-order chi connectivity index (χ1) is 18.4. The topological polar surface area (TPSA) is 67.4 Å². The molecule has 2 aliphatic heterocycles. The molecule has 2 amide bonds. The fourth-order valence-electron chi connectivity index (χ4n) is 6.86. The number of rotatable bonds is 4. The molecule has 2 fully saturated rings. The Morgan fingerprint density at radius 1 is 1.05 bits per heavy atom. The molecule has 0 aromatic heterocycles. The summed E-state index contributed by atoms with van der Waals surface area (Å²) in [7, 11) is 0. The SMILES string of the molecule is O=C1C[C@@H](C2C=CC=C(F)C2)[C@]2(C(=O)Nc3cc(Cl)ccc32)[C@@H](c2cc(I)ccc2OC2CCCCC2)N1. The quantitative estimate of drug-likeness (QED) is 0.347. The van der Waals surface area contributed by atoms with Crippen molar-refractivity contribution in [3.8, 4) is 5.75 Å². The smallest absolute Gasteiger partial charge is 0.237 e. The molecule has 2 N–H and O–H groups in total. The second-order valence-electron chi connectivity index (χ2n) is 10.8. The third-order valence-electron chi connectivity index (χ3n) is 8.51. The van der Waals surface area contributed by atoms with Crippen molar-refractivity contribution in [3.05, 3.63) is 80.2 Å². The Kier molecular flexibility index (Phi) is 7.01. The highest BCUT2D eigenvalue weighted by molar-refractivity contribution is 14.1. The maximum atomic E-state index is 14.6. The van der Waals surface area contributed by atoms with E-state index in [9.17, 15) is 14.0 Å². The van der Waals surface area contributed by atoms with Gasteiger partial charge in [-0.3, -0.25) is 9.59 Å². The van der Waals surface area contributed by atoms with Gasteiger partial charge in [-0.15, -0.1) is 0 Å². The number of carbonyl (C=O) groups excluding carboxylic acids is 2. The maximum absolute atomic E-state index is 14.6. The van der Waals surface area contributed by atoms with Crippen molar-refractivity contribution in [2.45, 2.75) is 62.5 Å². The predicted octanol–water partition coefficient (Wildman–Crippen LogP) is 7.15. The van der Waals surface area contributed by atoms with Gasteiger partial charge in [-0.2, -0.15) is 0 Å². The fourth-order valence-corrected chi connectivity index (χ4v) is 7.55. The number of benzene rings is 2. The van der Waals surface area contributed by atoms with Crippen LogP contribution in [-0.2, 0) is 15.0 Å². The summed E-state index contributed by atoms with van der Waals surface area (Å²) in [5.41, 5.74) is 1.00. The number of carbonyl (C=O) groups is 2. The number of piperidine rings is 1. The van der Waals surface area contributed by atoms with Crippen LogP contribution in [-0.4, -0.2) is 17.9 Å². The zero-order valence-electron chi connectivity index (χ0n) is 20.8. The second-order valence-corrected chi connectivity index (χ2v) is 12.4. The summed E-state index contributed by atoms with van der Waals surface area (Å²) in [6.07, 6.45) is 10.8. The maximum Gasteiger partial charge on any atom is 0.237 e. The second kappa shape index (κ2) is 10.3. The number of ether oxygens (including phenoxy) is 1. The summed E-state index contributed by atoms with van der Waals surface area (Å²) < 4.78 is 22.1. The van der Waals surface area contributed by atoms with Gasteiger partial charge in [0.15, 0.2) is 0 Å². The van der Waals surface area contributed by atoms with Crippen LogP contribution in [0.2, 0.25) is 5.02 Å². The van der Waals surface area contributed by atoms with Gasteiger partial charge < -0.3 is 15.4 Å². The van der Waals surface area contributed by atoms with Crippen LogP contribution in [0.1, 0.15) is 62.1 Å². The van der Waals surface area contributed by atoms with E-state index in [1.807, 2.05) is 30.3 Å². The van der Waals surface area contributed by atoms with E-state index in [4.69, 9.17) is 16.3 Å². The molecule has 1 unspecified atom stereocenters. The molecule has 198 valence electrons. The van der Waals surface area contributed by atoms with Gasteiger partial charge in [-0.25, -0.2) is 4.39 Å². The third kappa shape index (κ3) is 4.45. The Labute approximate surface area is 240 Å². The van der Waals surface area contributed by atoms with E-state index < -0.39 is 17.4 Å². The highest BCUT2D eigenvalue weighted by atomic mass is 127. The Balaban J connectivity index is 1.54. The molecule has 2 heterocycles. The van der Waals surface area contributed by atoms with Crippen molar-refractivity contribution in [3.63, 3.8) is 0 Å². The molecular formula is C30H29ClFIN2O3. The van der Waals surface area contributed by atoms with Gasteiger partial charge in [0.1, 0.15) is 17.0 Å². The molecule has 1 saturated heterocycles. The average molecular weight is 647 g/mol. The molecule has 0 radical (unpaired) electrons. The molecule has 1 spiro atoms. The number of hydrogen-bond donors (Lipinski definition) is 2. The van der Waals surface area contributed by atoms with Gasteiger partial charge in [0.2, 0.25) is 11.8 Å². The Morgan fingerprint density at radius 3 is 2.66 bits per heavy atom. The Morgan fingerprint density at radius 2 is 1.87 bits per heavy atom. The van der Waals surface area contributed by atoms with Gasteiger partial charge in [-0.05, 0) is 102 Å². The highest BCUT2D eigenvalue weighted by Crippen LogP contribution is 2.58. The number of allylic oxidation sites excluding steroid dienone is 4. The van der Waals surface area contributed by atoms with Gasteiger partial charge in [0.05, 0.1) is 12.1 Å². The zero-order valence-corrected chi connectivity index (χ0v) is 23.7. The molecule has 2 aliphatic carbocycles. The molecule has 4 atom stereocenters. The predicted molar refractivity (Wildman–Crippen MR) is 154 cm³/mol. The molecule has 4 aliphatic rings. The summed E-state index contributed by atoms with van der Waals surface area (Å²) in [5.74, 6) is -0.739. The van der Waals surface area contributed by atoms with E-state index in [0.717, 1.165) is 40.4 Å². The van der Waals surface area contributed by atoms with E-state index in [1.54, 1.807) is 18.2 Å². The molecule has 1 saturated carbocycles. The van der Waals surface area contributed by atoms with Crippen molar-refractivity contribution < 1.29 is 18.7 Å². The van der Waals surface area contributed by atoms with Crippen molar-refractivity contribution in [2.75, 3.05) is 5.32 Å². The summed E-state index contributed by atoms with van der Waals surface area (Å²) in [6.45, 7) is 0. The lowest BCUT2D eigenvalue weighted by Gasteiger charge is -2.49. The van der Waals surface area contributed by atoms with Crippen LogP contribution in [0.4, 0.5) is 10.1 Å². The van der Waals surface area contributed by atoms with Crippen LogP contribution in [0.5, 0.6) is 5.75 Å². The number of anilines is 1. The first kappa shape index (κ1) is 25.9. The van der Waals surface area contributed by atoms with Crippen molar-refractivity contribution >= 4 is 51.7 Å². The van der Waals surface area contributed by atoms with Gasteiger partial charge in [0, 0.05) is 32.7 Å². The lowest BCUT2D eigenvalue weighted by molar-refractivity contribution is -0.135. The number of amides is 2. The van der Waals surface area contributed by atoms with E-state index in [0.29, 0.717) is 16.5 Å². The zero-order chi connectivity index (χ0) is 26.4. The van der Waals surface area contributed by atoms with Crippen molar-refractivity contribution in [1.29, 1.82) is 0 Å². The first-order valence-electron chi connectivity index (χ1n) is 13.3. The number of fused-ring (bicyclic) bond motifs is 2. The normalized spacial score (nSPS) is 29.0. The Bertz CT molecular complexity index is 1360. The van der Waals surface area contributed by atoms with Gasteiger partial charge in [-0.1, -0.05) is 36.2 Å². The van der Waals surface area contributed by atoms with Crippen molar-refractivity contribution in [2.24, 2.45) is 11.8 Å². The summed E-state index contributed by atoms with van der Waals surface area (Å²) in [5, 5.41) is 6.76. The summed E-state index contributed by atoms with van der Waals surface area (Å²) in [6, 6.07) is 10.6. The molecular weight excluding hydrogens is 618 g/mol. The van der Waals surface area contributed by atoms with E-state index in [1.165, 1.54) is 12.5 Å². The Hall–Kier alpha value is -2.39. The van der Waals surface area contributed by atoms with Crippen LogP contribution in [0, 0.1) is 15.4 Å². The van der Waals surface area contributed by atoms with Gasteiger partial charge in [0.25, 0.3) is 0 Å². The molecule has 2 aromatic rings. The lowest BCUT2D eigenvalue weighted by Crippen LogP contribution is -2.59. The van der Waals surface area contributed by atoms with Crippen LogP contribution in [0.15, 0.2) is 60.5 Å². The average Bonchev–Trinajstić information content (AvgIpc) is 3.18. The largest absolute Gasteiger partial charge is 0.490 e. The molecule has 0 bridgehead atoms. The molecule has 8 heteroatoms. The third-order valence-corrected chi connectivity index (χ3v) is 9.42. The minimum Gasteiger partial charge on any atom is -0.490 e. The summed E-state index contributed by atoms with van der Waals surface area (Å²) >= 11 is 8.58. The van der Waals surface area contributed by atoms with Crippen LogP contribution < -0.4 is 15.4 Å². The van der Waals surface area contributed by atoms with E-state index in [-0.39, 0.29) is 42.5 Å². The number of halogens is 3. The summed E-state index contributed by atoms with van der Waals surface area (Å²) in [4.78, 5) is 27.6. The molecule has 38 heavy (non-hydrogen) atoms. The van der Waals surface area contributed by atoms with Crippen LogP contribution in [0.3, 0.4) is 0 Å². The highest BCUT2D eigenvalue weighted by Gasteiger charge is 2.62. The van der Waals surface area contributed by atoms with Crippen molar-refractivity contribution in [1.82, 2.24) is 5.32 Å². The first-order valence-corrected chi connectivity index (χ1v) is 14.7. The monoisotopic (exact) mass is 646 g/mol. The lowest BCUT2D eigenvalue weighted by atomic mass is 9.57. The fraction of sp³-hybridized carbons (Fsp3) is 0.400. The van der Waals surface area contributed by atoms with E-state index >= 15 is 0 Å². The minimum absolute atomic E-state index is 0.0950. The standard InChI is InChI=1S/C30H29ClFIN2O3/c31-18-9-11-23-25(14-18)34-29(37)30(23)24(17-5-4-6-19(32)13-17)16-27(36)35-28(30)22-15-20(33)10-12-26(22)38-21-7-2-1-3-8-21/h4-6,9-12,14-15,17,21,24,28H,1-3,7-8,13,16H2,(H,34,37)(H,35,36)/t17?,24-,28+,30-/m0/s1. The molecule has 5 nitrogen and oxygen atoms in total. The van der Waals surface area contributed by atoms with E-state index in [2.05, 4.69) is 33.2 Å². The number of nitrogens with one attached hydrogen (secondary N) is 2. The number of hydrogen-bond acceptors (Lipinski definition) is 3. The molecule has 6 rings (SSSR count). The van der Waals surface area contributed by atoms with Crippen LogP contribution >= 0.6 is 34.2 Å². The molecule has 2 aromatic carbocycles. The minimum atomic E-state index is -1.17. The van der Waals surface area contributed by atoms with Crippen LogP contribution in [0.25, 0.3) is 0 Å².